The number of aromatic nitrogens is 1. The van der Waals surface area contributed by atoms with E-state index in [1.54, 1.807) is 12.1 Å². The first-order chi connectivity index (χ1) is 13.1. The Bertz CT molecular complexity index is 1080. The van der Waals surface area contributed by atoms with Gasteiger partial charge in [0.25, 0.3) is 5.69 Å². The highest BCUT2D eigenvalue weighted by atomic mass is 16.6. The number of aryl methyl sites for hydroxylation is 1. The van der Waals surface area contributed by atoms with Crippen LogP contribution < -0.4 is 5.32 Å². The van der Waals surface area contributed by atoms with E-state index >= 15 is 0 Å². The molecule has 1 heterocycles. The number of amides is 1. The number of nitro groups is 1. The van der Waals surface area contributed by atoms with Gasteiger partial charge in [0.2, 0.25) is 5.91 Å². The minimum absolute atomic E-state index is 0.0858. The molecule has 2 aromatic carbocycles. The van der Waals surface area contributed by atoms with Gasteiger partial charge in [0.05, 0.1) is 17.4 Å². The van der Waals surface area contributed by atoms with Crippen molar-refractivity contribution < 1.29 is 9.72 Å². The minimum Gasteiger partial charge on any atom is -0.346 e. The molecule has 0 spiro atoms. The fourth-order valence-electron chi connectivity index (χ4n) is 2.81. The SMILES string of the molecule is N#CCCn1cc(/C=C/C(=O)Nc2cccc([N+](=O)[O-])c2)c2ccccc21. The molecule has 27 heavy (non-hydrogen) atoms. The third-order valence-corrected chi connectivity index (χ3v) is 4.02. The summed E-state index contributed by atoms with van der Waals surface area (Å²) in [5.41, 5.74) is 2.12. The lowest BCUT2D eigenvalue weighted by atomic mass is 10.1. The first-order valence-corrected chi connectivity index (χ1v) is 8.27. The van der Waals surface area contributed by atoms with Crippen molar-refractivity contribution in [3.05, 3.63) is 76.5 Å². The topological polar surface area (TPSA) is 101 Å². The number of rotatable bonds is 6. The fourth-order valence-corrected chi connectivity index (χ4v) is 2.81. The molecular weight excluding hydrogens is 344 g/mol. The van der Waals surface area contributed by atoms with E-state index in [2.05, 4.69) is 11.4 Å². The second-order valence-electron chi connectivity index (χ2n) is 5.83. The molecule has 0 aliphatic carbocycles. The smallest absolute Gasteiger partial charge is 0.271 e. The van der Waals surface area contributed by atoms with Crippen LogP contribution in [0.5, 0.6) is 0 Å². The quantitative estimate of drug-likeness (QED) is 0.406. The molecule has 0 unspecified atom stereocenters. The predicted octanol–water partition coefficient (Wildman–Crippen LogP) is 4.12. The second kappa shape index (κ2) is 7.97. The average molecular weight is 360 g/mol. The molecular formula is C20H16N4O3. The van der Waals surface area contributed by atoms with Crippen molar-refractivity contribution in [2.45, 2.75) is 13.0 Å². The van der Waals surface area contributed by atoms with Crippen molar-refractivity contribution in [3.8, 4) is 6.07 Å². The third kappa shape index (κ3) is 4.19. The Balaban J connectivity index is 1.79. The summed E-state index contributed by atoms with van der Waals surface area (Å²) in [4.78, 5) is 22.5. The largest absolute Gasteiger partial charge is 0.346 e. The van der Waals surface area contributed by atoms with Gasteiger partial charge in [-0.15, -0.1) is 0 Å². The normalized spacial score (nSPS) is 10.8. The lowest BCUT2D eigenvalue weighted by Crippen LogP contribution is -2.07. The lowest BCUT2D eigenvalue weighted by molar-refractivity contribution is -0.384. The summed E-state index contributed by atoms with van der Waals surface area (Å²) >= 11 is 0. The van der Waals surface area contributed by atoms with Crippen molar-refractivity contribution in [1.82, 2.24) is 4.57 Å². The van der Waals surface area contributed by atoms with E-state index in [9.17, 15) is 14.9 Å². The van der Waals surface area contributed by atoms with Crippen molar-refractivity contribution in [3.63, 3.8) is 0 Å². The zero-order chi connectivity index (χ0) is 19.2. The number of non-ortho nitro benzene ring substituents is 1. The summed E-state index contributed by atoms with van der Waals surface area (Å²) in [7, 11) is 0. The van der Waals surface area contributed by atoms with Crippen LogP contribution in [-0.2, 0) is 11.3 Å². The lowest BCUT2D eigenvalue weighted by Gasteiger charge is -2.01. The molecule has 0 fully saturated rings. The summed E-state index contributed by atoms with van der Waals surface area (Å²) in [6.45, 7) is 0.574. The highest BCUT2D eigenvalue weighted by Crippen LogP contribution is 2.23. The maximum atomic E-state index is 12.2. The zero-order valence-corrected chi connectivity index (χ0v) is 14.3. The van der Waals surface area contributed by atoms with Crippen molar-refractivity contribution >= 4 is 34.3 Å². The van der Waals surface area contributed by atoms with Crippen LogP contribution in [0, 0.1) is 21.4 Å². The van der Waals surface area contributed by atoms with Gasteiger partial charge >= 0.3 is 0 Å². The van der Waals surface area contributed by atoms with Crippen LogP contribution in [0.25, 0.3) is 17.0 Å². The maximum absolute atomic E-state index is 12.2. The Labute approximate surface area is 155 Å². The monoisotopic (exact) mass is 360 g/mol. The molecule has 0 aliphatic rings. The summed E-state index contributed by atoms with van der Waals surface area (Å²) < 4.78 is 1.98. The molecule has 1 amide bonds. The van der Waals surface area contributed by atoms with Crippen molar-refractivity contribution in [1.29, 1.82) is 5.26 Å². The number of benzene rings is 2. The van der Waals surface area contributed by atoms with Crippen LogP contribution in [0.15, 0.2) is 60.8 Å². The van der Waals surface area contributed by atoms with Crippen LogP contribution >= 0.6 is 0 Å². The molecule has 7 heteroatoms. The number of hydrogen-bond donors (Lipinski definition) is 1. The van der Waals surface area contributed by atoms with Crippen LogP contribution in [0.4, 0.5) is 11.4 Å². The van der Waals surface area contributed by atoms with E-state index in [1.807, 2.05) is 35.0 Å². The summed E-state index contributed by atoms with van der Waals surface area (Å²) in [5.74, 6) is -0.385. The highest BCUT2D eigenvalue weighted by molar-refractivity contribution is 6.03. The van der Waals surface area contributed by atoms with Gasteiger partial charge in [-0.05, 0) is 18.2 Å². The van der Waals surface area contributed by atoms with Crippen LogP contribution in [-0.4, -0.2) is 15.4 Å². The Hall–Kier alpha value is -3.92. The van der Waals surface area contributed by atoms with Gasteiger partial charge < -0.3 is 9.88 Å². The van der Waals surface area contributed by atoms with Gasteiger partial charge in [-0.25, -0.2) is 0 Å². The van der Waals surface area contributed by atoms with Crippen LogP contribution in [0.1, 0.15) is 12.0 Å². The van der Waals surface area contributed by atoms with Gasteiger partial charge in [-0.3, -0.25) is 14.9 Å². The van der Waals surface area contributed by atoms with Crippen LogP contribution in [0.3, 0.4) is 0 Å². The van der Waals surface area contributed by atoms with Gasteiger partial charge in [0.15, 0.2) is 0 Å². The second-order valence-corrected chi connectivity index (χ2v) is 5.83. The first kappa shape index (κ1) is 17.9. The molecule has 134 valence electrons. The summed E-state index contributed by atoms with van der Waals surface area (Å²) in [5, 5.41) is 23.2. The van der Waals surface area contributed by atoms with Gasteiger partial charge in [-0.2, -0.15) is 5.26 Å². The maximum Gasteiger partial charge on any atom is 0.271 e. The predicted molar refractivity (Wildman–Crippen MR) is 103 cm³/mol. The third-order valence-electron chi connectivity index (χ3n) is 4.02. The number of nitrogens with zero attached hydrogens (tertiary/aromatic N) is 3. The van der Waals surface area contributed by atoms with Gasteiger partial charge in [0.1, 0.15) is 0 Å². The molecule has 0 saturated heterocycles. The average Bonchev–Trinajstić information content (AvgIpc) is 3.03. The van der Waals surface area contributed by atoms with Crippen molar-refractivity contribution in [2.75, 3.05) is 5.32 Å². The fraction of sp³-hybridized carbons (Fsp3) is 0.100. The molecule has 0 aliphatic heterocycles. The van der Waals surface area contributed by atoms with Gasteiger partial charge in [-0.1, -0.05) is 24.3 Å². The molecule has 3 aromatic rings. The van der Waals surface area contributed by atoms with E-state index in [0.29, 0.717) is 18.7 Å². The van der Waals surface area contributed by atoms with E-state index < -0.39 is 4.92 Å². The molecule has 0 saturated carbocycles. The summed E-state index contributed by atoms with van der Waals surface area (Å²) in [6, 6.07) is 15.7. The number of hydrogen-bond acceptors (Lipinski definition) is 4. The minimum atomic E-state index is -0.512. The Morgan fingerprint density at radius 1 is 1.26 bits per heavy atom. The number of anilines is 1. The zero-order valence-electron chi connectivity index (χ0n) is 14.3. The number of para-hydroxylation sites is 1. The van der Waals surface area contributed by atoms with E-state index in [-0.39, 0.29) is 11.6 Å². The van der Waals surface area contributed by atoms with Gasteiger partial charge in [0, 0.05) is 53.1 Å². The standard InChI is InChI=1S/C20H16N4O3/c21-11-4-12-23-14-15(18-7-1-2-8-19(18)23)9-10-20(25)22-16-5-3-6-17(13-16)24(26)27/h1-3,5-10,13-14H,4,12H2,(H,22,25)/b10-9+. The van der Waals surface area contributed by atoms with E-state index in [1.165, 1.54) is 24.3 Å². The number of nitriles is 1. The highest BCUT2D eigenvalue weighted by Gasteiger charge is 2.08. The molecule has 1 N–H and O–H groups in total. The van der Waals surface area contributed by atoms with Crippen molar-refractivity contribution in [2.24, 2.45) is 0 Å². The Kier molecular flexibility index (Phi) is 5.28. The number of nitro benzene ring substituents is 1. The molecule has 0 bridgehead atoms. The number of fused-ring (bicyclic) bond motifs is 1. The number of carbonyl (C=O) groups is 1. The Morgan fingerprint density at radius 2 is 2.07 bits per heavy atom. The Morgan fingerprint density at radius 3 is 2.85 bits per heavy atom. The first-order valence-electron chi connectivity index (χ1n) is 8.27. The van der Waals surface area contributed by atoms with E-state index in [0.717, 1.165) is 16.5 Å². The molecule has 1 aromatic heterocycles. The molecule has 3 rings (SSSR count). The molecule has 0 radical (unpaired) electrons. The summed E-state index contributed by atoms with van der Waals surface area (Å²) in [6.07, 6.45) is 5.38. The molecule has 0 atom stereocenters. The number of nitrogens with one attached hydrogen (secondary N) is 1. The van der Waals surface area contributed by atoms with E-state index in [4.69, 9.17) is 5.26 Å². The molecule has 7 nitrogen and oxygen atoms in total. The van der Waals surface area contributed by atoms with Crippen LogP contribution in [0.2, 0.25) is 0 Å². The number of carbonyl (C=O) groups excluding carboxylic acids is 1.